The van der Waals surface area contributed by atoms with E-state index in [1.54, 1.807) is 4.90 Å². The Morgan fingerprint density at radius 3 is 2.80 bits per heavy atom. The molecule has 158 valence electrons. The Kier molecular flexibility index (Phi) is 5.73. The average molecular weight is 409 g/mol. The Labute approximate surface area is 176 Å². The van der Waals surface area contributed by atoms with E-state index in [4.69, 9.17) is 0 Å². The van der Waals surface area contributed by atoms with Crippen LogP contribution in [0.1, 0.15) is 31.7 Å². The summed E-state index contributed by atoms with van der Waals surface area (Å²) in [5.74, 6) is -0.0790. The van der Waals surface area contributed by atoms with E-state index in [-0.39, 0.29) is 35.9 Å². The molecule has 30 heavy (non-hydrogen) atoms. The Hall–Kier alpha value is -2.92. The van der Waals surface area contributed by atoms with Crippen LogP contribution in [0.25, 0.3) is 0 Å². The van der Waals surface area contributed by atoms with Gasteiger partial charge in [0.05, 0.1) is 12.1 Å². The van der Waals surface area contributed by atoms with Crippen molar-refractivity contribution < 1.29 is 14.4 Å². The number of hydrogen-bond acceptors (Lipinski definition) is 5. The number of nitrogens with zero attached hydrogens (tertiary/aromatic N) is 4. The Morgan fingerprint density at radius 1 is 1.37 bits per heavy atom. The van der Waals surface area contributed by atoms with E-state index in [1.165, 1.54) is 0 Å². The van der Waals surface area contributed by atoms with Crippen LogP contribution in [0.15, 0.2) is 24.3 Å². The number of fused-ring (bicyclic) bond motifs is 2. The van der Waals surface area contributed by atoms with E-state index in [0.717, 1.165) is 37.1 Å². The van der Waals surface area contributed by atoms with E-state index in [1.807, 2.05) is 36.1 Å². The van der Waals surface area contributed by atoms with Crippen LogP contribution in [-0.4, -0.2) is 70.7 Å². The largest absolute Gasteiger partial charge is 0.333 e. The van der Waals surface area contributed by atoms with Crippen molar-refractivity contribution in [3.8, 4) is 6.07 Å². The molecule has 0 radical (unpaired) electrons. The summed E-state index contributed by atoms with van der Waals surface area (Å²) in [5, 5.41) is 11.8. The molecule has 8 heteroatoms. The minimum Gasteiger partial charge on any atom is -0.333 e. The van der Waals surface area contributed by atoms with Crippen LogP contribution in [0, 0.1) is 17.2 Å². The molecular formula is C22H27N5O3. The van der Waals surface area contributed by atoms with Crippen LogP contribution >= 0.6 is 0 Å². The standard InChI is InChI=1S/C22H27N5O3/c1-15(21(29)26-8-2-3-18(26)10-23)11-25-13-19-9-20(25)22(30)27(19)12-16-4-6-17(7-5-16)24-14-28/h4-7,14-15,18-20H,2-3,8-9,11-13H2,1H3,(H,24,28)/t15-,18-,19+,20+/m0/s1. The molecule has 3 fully saturated rings. The zero-order chi connectivity index (χ0) is 21.3. The number of amides is 3. The summed E-state index contributed by atoms with van der Waals surface area (Å²) in [4.78, 5) is 42.0. The van der Waals surface area contributed by atoms with Crippen LogP contribution in [0.3, 0.4) is 0 Å². The summed E-state index contributed by atoms with van der Waals surface area (Å²) in [6.07, 6.45) is 3.07. The smallest absolute Gasteiger partial charge is 0.240 e. The van der Waals surface area contributed by atoms with Crippen molar-refractivity contribution in [1.82, 2.24) is 14.7 Å². The Balaban J connectivity index is 1.33. The van der Waals surface area contributed by atoms with Crippen molar-refractivity contribution in [3.05, 3.63) is 29.8 Å². The number of rotatable bonds is 7. The second kappa shape index (κ2) is 8.44. The van der Waals surface area contributed by atoms with Gasteiger partial charge in [-0.25, -0.2) is 0 Å². The van der Waals surface area contributed by atoms with E-state index in [2.05, 4.69) is 16.3 Å². The predicted octanol–water partition coefficient (Wildman–Crippen LogP) is 1.19. The Bertz CT molecular complexity index is 865. The topological polar surface area (TPSA) is 96.8 Å². The average Bonchev–Trinajstić information content (AvgIpc) is 3.45. The normalized spacial score (nSPS) is 26.7. The zero-order valence-electron chi connectivity index (χ0n) is 17.2. The van der Waals surface area contributed by atoms with E-state index < -0.39 is 0 Å². The number of benzene rings is 1. The molecule has 0 aliphatic carbocycles. The van der Waals surface area contributed by atoms with Gasteiger partial charge in [-0.1, -0.05) is 19.1 Å². The maximum Gasteiger partial charge on any atom is 0.240 e. The lowest BCUT2D eigenvalue weighted by Crippen LogP contribution is -2.52. The molecule has 3 saturated heterocycles. The molecule has 0 unspecified atom stereocenters. The fraction of sp³-hybridized carbons (Fsp3) is 0.545. The number of nitriles is 1. The number of carbonyl (C=O) groups is 3. The fourth-order valence-electron chi connectivity index (χ4n) is 4.99. The van der Waals surface area contributed by atoms with Crippen molar-refractivity contribution in [1.29, 1.82) is 5.26 Å². The maximum absolute atomic E-state index is 12.9. The van der Waals surface area contributed by atoms with Gasteiger partial charge in [0.15, 0.2) is 0 Å². The molecule has 0 spiro atoms. The molecule has 3 heterocycles. The number of likely N-dealkylation sites (tertiary alicyclic amines) is 3. The van der Waals surface area contributed by atoms with Crippen molar-refractivity contribution in [2.75, 3.05) is 25.0 Å². The van der Waals surface area contributed by atoms with Gasteiger partial charge in [0.25, 0.3) is 0 Å². The minimum atomic E-state index is -0.305. The molecule has 0 saturated carbocycles. The van der Waals surface area contributed by atoms with Gasteiger partial charge in [-0.05, 0) is 37.0 Å². The number of piperazine rings is 1. The van der Waals surface area contributed by atoms with E-state index >= 15 is 0 Å². The van der Waals surface area contributed by atoms with Gasteiger partial charge in [-0.3, -0.25) is 19.3 Å². The lowest BCUT2D eigenvalue weighted by Gasteiger charge is -2.35. The number of anilines is 1. The van der Waals surface area contributed by atoms with Gasteiger partial charge in [-0.15, -0.1) is 0 Å². The van der Waals surface area contributed by atoms with Crippen molar-refractivity contribution >= 4 is 23.9 Å². The highest BCUT2D eigenvalue weighted by atomic mass is 16.2. The van der Waals surface area contributed by atoms with Crippen LogP contribution in [0.2, 0.25) is 0 Å². The second-order valence-corrected chi connectivity index (χ2v) is 8.50. The van der Waals surface area contributed by atoms with Gasteiger partial charge < -0.3 is 15.1 Å². The molecule has 4 atom stereocenters. The van der Waals surface area contributed by atoms with Gasteiger partial charge in [0.1, 0.15) is 6.04 Å². The molecular weight excluding hydrogens is 382 g/mol. The first kappa shape index (κ1) is 20.4. The molecule has 8 nitrogen and oxygen atoms in total. The van der Waals surface area contributed by atoms with E-state index in [9.17, 15) is 19.6 Å². The Morgan fingerprint density at radius 2 is 2.13 bits per heavy atom. The summed E-state index contributed by atoms with van der Waals surface area (Å²) in [7, 11) is 0. The molecule has 1 N–H and O–H groups in total. The lowest BCUT2D eigenvalue weighted by molar-refractivity contribution is -0.140. The molecule has 1 aromatic rings. The SMILES string of the molecule is C[C@@H](CN1C[C@H]2C[C@@H]1C(=O)N2Cc1ccc(NC=O)cc1)C(=O)N1CCC[C@H]1C#N. The van der Waals surface area contributed by atoms with Crippen LogP contribution in [-0.2, 0) is 20.9 Å². The van der Waals surface area contributed by atoms with Crippen molar-refractivity contribution in [3.63, 3.8) is 0 Å². The molecule has 1 aromatic carbocycles. The molecule has 3 aliphatic heterocycles. The number of hydrogen-bond donors (Lipinski definition) is 1. The fourth-order valence-corrected chi connectivity index (χ4v) is 4.99. The third kappa shape index (κ3) is 3.77. The predicted molar refractivity (Wildman–Crippen MR) is 110 cm³/mol. The maximum atomic E-state index is 12.9. The van der Waals surface area contributed by atoms with Gasteiger partial charge in [0.2, 0.25) is 18.2 Å². The van der Waals surface area contributed by atoms with Crippen LogP contribution in [0.4, 0.5) is 5.69 Å². The first-order chi connectivity index (χ1) is 14.5. The summed E-state index contributed by atoms with van der Waals surface area (Å²) < 4.78 is 0. The highest BCUT2D eigenvalue weighted by Gasteiger charge is 2.49. The highest BCUT2D eigenvalue weighted by molar-refractivity contribution is 5.86. The molecule has 3 aliphatic rings. The first-order valence-corrected chi connectivity index (χ1v) is 10.6. The first-order valence-electron chi connectivity index (χ1n) is 10.6. The zero-order valence-corrected chi connectivity index (χ0v) is 17.2. The highest BCUT2D eigenvalue weighted by Crippen LogP contribution is 2.34. The third-order valence-electron chi connectivity index (χ3n) is 6.54. The molecule has 0 aromatic heterocycles. The summed E-state index contributed by atoms with van der Waals surface area (Å²) >= 11 is 0. The van der Waals surface area contributed by atoms with Crippen molar-refractivity contribution in [2.45, 2.75) is 50.9 Å². The monoisotopic (exact) mass is 409 g/mol. The molecule has 3 amide bonds. The van der Waals surface area contributed by atoms with E-state index in [0.29, 0.717) is 26.0 Å². The van der Waals surface area contributed by atoms with Gasteiger partial charge >= 0.3 is 0 Å². The summed E-state index contributed by atoms with van der Waals surface area (Å²) in [5.41, 5.74) is 1.75. The molecule has 4 rings (SSSR count). The van der Waals surface area contributed by atoms with Crippen LogP contribution < -0.4 is 5.32 Å². The van der Waals surface area contributed by atoms with Gasteiger partial charge in [-0.2, -0.15) is 5.26 Å². The van der Waals surface area contributed by atoms with Crippen molar-refractivity contribution in [2.24, 2.45) is 5.92 Å². The van der Waals surface area contributed by atoms with Gasteiger partial charge in [0, 0.05) is 43.8 Å². The molecule has 2 bridgehead atoms. The minimum absolute atomic E-state index is 0.0233. The lowest BCUT2D eigenvalue weighted by atomic mass is 10.1. The van der Waals surface area contributed by atoms with Crippen LogP contribution in [0.5, 0.6) is 0 Å². The number of carbonyl (C=O) groups excluding carboxylic acids is 3. The summed E-state index contributed by atoms with van der Waals surface area (Å²) in [6, 6.07) is 9.42. The quantitative estimate of drug-likeness (QED) is 0.683. The second-order valence-electron chi connectivity index (χ2n) is 8.50. The third-order valence-corrected chi connectivity index (χ3v) is 6.54. The summed E-state index contributed by atoms with van der Waals surface area (Å²) in [6.45, 7) is 4.45. The number of nitrogens with one attached hydrogen (secondary N) is 1.